The first kappa shape index (κ1) is 15.4. The van der Waals surface area contributed by atoms with Crippen LogP contribution in [0.25, 0.3) is 0 Å². The van der Waals surface area contributed by atoms with Crippen LogP contribution in [0.5, 0.6) is 0 Å². The molecule has 0 aromatic heterocycles. The molecule has 23 heavy (non-hydrogen) atoms. The van der Waals surface area contributed by atoms with Gasteiger partial charge in [0.05, 0.1) is 0 Å². The highest BCUT2D eigenvalue weighted by Gasteiger charge is 2.46. The molecule has 0 saturated carbocycles. The van der Waals surface area contributed by atoms with E-state index in [9.17, 15) is 19.8 Å². The first-order chi connectivity index (χ1) is 11.1. The van der Waals surface area contributed by atoms with E-state index in [0.717, 1.165) is 16.0 Å². The predicted octanol–water partition coefficient (Wildman–Crippen LogP) is 0.909. The van der Waals surface area contributed by atoms with Crippen molar-refractivity contribution in [2.45, 2.75) is 18.1 Å². The van der Waals surface area contributed by atoms with Crippen molar-refractivity contribution in [2.75, 3.05) is 6.54 Å². The monoisotopic (exact) mass is 311 g/mol. The third-order valence-corrected chi connectivity index (χ3v) is 4.11. The van der Waals surface area contributed by atoms with E-state index in [1.807, 2.05) is 60.7 Å². The molecule has 0 spiro atoms. The summed E-state index contributed by atoms with van der Waals surface area (Å²) in [4.78, 5) is 25.0. The lowest BCUT2D eigenvalue weighted by Crippen LogP contribution is -2.36. The first-order valence-electron chi connectivity index (χ1n) is 7.41. The zero-order valence-electron chi connectivity index (χ0n) is 12.4. The fourth-order valence-electron chi connectivity index (χ4n) is 2.83. The highest BCUT2D eigenvalue weighted by atomic mass is 16.4. The molecule has 1 aliphatic heterocycles. The molecule has 1 aliphatic rings. The van der Waals surface area contributed by atoms with Crippen molar-refractivity contribution in [3.63, 3.8) is 0 Å². The van der Waals surface area contributed by atoms with Crippen LogP contribution >= 0.6 is 0 Å². The molecule has 2 N–H and O–H groups in total. The maximum absolute atomic E-state index is 12.0. The summed E-state index contributed by atoms with van der Waals surface area (Å²) < 4.78 is 0. The summed E-state index contributed by atoms with van der Waals surface area (Å²) in [6, 6.07) is 19.1. The number of likely N-dealkylation sites (tertiary alicyclic amines) is 1. The zero-order chi connectivity index (χ0) is 16.4. The number of hydrogen-bond donors (Lipinski definition) is 2. The van der Waals surface area contributed by atoms with E-state index in [4.69, 9.17) is 0 Å². The van der Waals surface area contributed by atoms with Crippen molar-refractivity contribution in [1.82, 2.24) is 4.90 Å². The Bertz CT molecular complexity index is 642. The molecule has 2 amide bonds. The highest BCUT2D eigenvalue weighted by molar-refractivity contribution is 6.07. The van der Waals surface area contributed by atoms with E-state index in [-0.39, 0.29) is 12.5 Å². The topological polar surface area (TPSA) is 77.8 Å². The zero-order valence-corrected chi connectivity index (χ0v) is 12.4. The number of nitrogens with zero attached hydrogens (tertiary/aromatic N) is 1. The van der Waals surface area contributed by atoms with Gasteiger partial charge in [-0.15, -0.1) is 0 Å². The van der Waals surface area contributed by atoms with Gasteiger partial charge in [-0.05, 0) is 11.1 Å². The first-order valence-corrected chi connectivity index (χ1v) is 7.41. The minimum absolute atomic E-state index is 0.0831. The molecule has 2 aromatic carbocycles. The van der Waals surface area contributed by atoms with Crippen LogP contribution in [0, 0.1) is 0 Å². The molecule has 1 fully saturated rings. The second kappa shape index (κ2) is 6.32. The van der Waals surface area contributed by atoms with Crippen LogP contribution in [0.4, 0.5) is 0 Å². The Kier molecular flexibility index (Phi) is 4.23. The summed E-state index contributed by atoms with van der Waals surface area (Å²) in [5.74, 6) is -1.72. The largest absolute Gasteiger partial charge is 0.380 e. The number of carbonyl (C=O) groups is 2. The molecule has 5 heteroatoms. The maximum Gasteiger partial charge on any atom is 0.261 e. The lowest BCUT2D eigenvalue weighted by molar-refractivity contribution is -0.141. The molecule has 1 saturated heterocycles. The number of rotatable bonds is 4. The van der Waals surface area contributed by atoms with Gasteiger partial charge in [-0.3, -0.25) is 14.5 Å². The number of aliphatic hydroxyl groups excluding tert-OH is 2. The third kappa shape index (κ3) is 2.88. The Morgan fingerprint density at radius 3 is 1.57 bits per heavy atom. The minimum atomic E-state index is -1.67. The minimum Gasteiger partial charge on any atom is -0.380 e. The quantitative estimate of drug-likeness (QED) is 0.823. The van der Waals surface area contributed by atoms with Crippen LogP contribution in [-0.2, 0) is 9.59 Å². The Morgan fingerprint density at radius 2 is 1.17 bits per heavy atom. The van der Waals surface area contributed by atoms with Gasteiger partial charge in [0.25, 0.3) is 11.8 Å². The van der Waals surface area contributed by atoms with Crippen molar-refractivity contribution >= 4 is 11.8 Å². The maximum atomic E-state index is 12.0. The third-order valence-electron chi connectivity index (χ3n) is 4.11. The lowest BCUT2D eigenvalue weighted by atomic mass is 9.91. The fraction of sp³-hybridized carbons (Fsp3) is 0.222. The second-order valence-electron chi connectivity index (χ2n) is 5.55. The number of amides is 2. The summed E-state index contributed by atoms with van der Waals surface area (Å²) in [6.07, 6.45) is -3.34. The number of aliphatic hydroxyl groups is 2. The number of carbonyl (C=O) groups excluding carboxylic acids is 2. The molecule has 2 aromatic rings. The summed E-state index contributed by atoms with van der Waals surface area (Å²) in [5.41, 5.74) is 1.91. The molecule has 118 valence electrons. The number of benzene rings is 2. The van der Waals surface area contributed by atoms with Gasteiger partial charge in [-0.2, -0.15) is 0 Å². The highest BCUT2D eigenvalue weighted by Crippen LogP contribution is 2.28. The SMILES string of the molecule is O=C1[C@@H](O)[C@H](O)C(=O)N1CC(c1ccccc1)c1ccccc1. The van der Waals surface area contributed by atoms with Crippen molar-refractivity contribution < 1.29 is 19.8 Å². The van der Waals surface area contributed by atoms with Gasteiger partial charge >= 0.3 is 0 Å². The summed E-state index contributed by atoms with van der Waals surface area (Å²) in [5, 5.41) is 19.2. The van der Waals surface area contributed by atoms with E-state index in [2.05, 4.69) is 0 Å². The van der Waals surface area contributed by atoms with Gasteiger partial charge in [-0.25, -0.2) is 0 Å². The van der Waals surface area contributed by atoms with E-state index in [1.54, 1.807) is 0 Å². The summed E-state index contributed by atoms with van der Waals surface area (Å²) in [7, 11) is 0. The van der Waals surface area contributed by atoms with Gasteiger partial charge in [0.15, 0.2) is 12.2 Å². The van der Waals surface area contributed by atoms with Crippen LogP contribution in [0.2, 0.25) is 0 Å². The molecule has 0 bridgehead atoms. The van der Waals surface area contributed by atoms with Gasteiger partial charge in [0.2, 0.25) is 0 Å². The van der Waals surface area contributed by atoms with Crippen LogP contribution < -0.4 is 0 Å². The fourth-order valence-corrected chi connectivity index (χ4v) is 2.83. The van der Waals surface area contributed by atoms with E-state index in [1.165, 1.54) is 0 Å². The van der Waals surface area contributed by atoms with E-state index in [0.29, 0.717) is 0 Å². The van der Waals surface area contributed by atoms with E-state index >= 15 is 0 Å². The number of imide groups is 1. The smallest absolute Gasteiger partial charge is 0.261 e. The standard InChI is InChI=1S/C18H17NO4/c20-15-16(21)18(23)19(17(15)22)11-14(12-7-3-1-4-8-12)13-9-5-2-6-10-13/h1-10,14-16,20-21H,11H2/t15-,16-/m0/s1. The van der Waals surface area contributed by atoms with Crippen molar-refractivity contribution in [3.8, 4) is 0 Å². The summed E-state index contributed by atoms with van der Waals surface area (Å²) >= 11 is 0. The lowest BCUT2D eigenvalue weighted by Gasteiger charge is -2.23. The molecule has 3 rings (SSSR count). The molecule has 0 aliphatic carbocycles. The van der Waals surface area contributed by atoms with Crippen LogP contribution in [-0.4, -0.2) is 45.7 Å². The normalized spacial score (nSPS) is 21.3. The molecular weight excluding hydrogens is 294 g/mol. The second-order valence-corrected chi connectivity index (χ2v) is 5.55. The molecule has 5 nitrogen and oxygen atoms in total. The Morgan fingerprint density at radius 1 is 0.783 bits per heavy atom. The van der Waals surface area contributed by atoms with Crippen LogP contribution in [0.1, 0.15) is 17.0 Å². The number of hydrogen-bond acceptors (Lipinski definition) is 4. The molecule has 0 unspecified atom stereocenters. The average molecular weight is 311 g/mol. The predicted molar refractivity (Wildman–Crippen MR) is 83.5 cm³/mol. The Balaban J connectivity index is 1.94. The average Bonchev–Trinajstić information content (AvgIpc) is 2.78. The van der Waals surface area contributed by atoms with Gasteiger partial charge < -0.3 is 10.2 Å². The van der Waals surface area contributed by atoms with Crippen LogP contribution in [0.15, 0.2) is 60.7 Å². The van der Waals surface area contributed by atoms with Gasteiger partial charge in [-0.1, -0.05) is 60.7 Å². The van der Waals surface area contributed by atoms with Crippen molar-refractivity contribution in [1.29, 1.82) is 0 Å². The van der Waals surface area contributed by atoms with Crippen molar-refractivity contribution in [2.24, 2.45) is 0 Å². The van der Waals surface area contributed by atoms with Crippen molar-refractivity contribution in [3.05, 3.63) is 71.8 Å². The van der Waals surface area contributed by atoms with Gasteiger partial charge in [0, 0.05) is 12.5 Å². The molecular formula is C18H17NO4. The molecule has 2 atom stereocenters. The Labute approximate surface area is 133 Å². The molecule has 1 heterocycles. The van der Waals surface area contributed by atoms with Gasteiger partial charge in [0.1, 0.15) is 0 Å². The summed E-state index contributed by atoms with van der Waals surface area (Å²) in [6.45, 7) is 0.0831. The molecule has 0 radical (unpaired) electrons. The van der Waals surface area contributed by atoms with Crippen LogP contribution in [0.3, 0.4) is 0 Å². The Hall–Kier alpha value is -2.50. The van der Waals surface area contributed by atoms with E-state index < -0.39 is 24.0 Å².